The SMILES string of the molecule is CN(C)S(=O)(=O)c1ccc(N(CC(=O)Nc2cccc(Br)c2)S(C)(=O)=O)cc1. The van der Waals surface area contributed by atoms with Crippen LogP contribution in [0.2, 0.25) is 0 Å². The minimum Gasteiger partial charge on any atom is -0.324 e. The van der Waals surface area contributed by atoms with Gasteiger partial charge >= 0.3 is 0 Å². The van der Waals surface area contributed by atoms with Crippen LogP contribution >= 0.6 is 15.9 Å². The quantitative estimate of drug-likeness (QED) is 0.641. The van der Waals surface area contributed by atoms with Gasteiger partial charge in [-0.15, -0.1) is 0 Å². The standard InChI is InChI=1S/C17H20BrN3O5S2/c1-20(2)28(25,26)16-9-7-15(8-10-16)21(27(3,23)24)12-17(22)19-14-6-4-5-13(18)11-14/h4-11H,12H2,1-3H3,(H,19,22). The Hall–Kier alpha value is -1.95. The van der Waals surface area contributed by atoms with Crippen LogP contribution in [0.25, 0.3) is 0 Å². The monoisotopic (exact) mass is 489 g/mol. The second-order valence-electron chi connectivity index (χ2n) is 6.11. The van der Waals surface area contributed by atoms with Crippen LogP contribution in [-0.2, 0) is 24.8 Å². The Labute approximate surface area is 173 Å². The predicted octanol–water partition coefficient (Wildman–Crippen LogP) is 2.10. The number of sulfonamides is 2. The Morgan fingerprint density at radius 3 is 2.14 bits per heavy atom. The molecule has 0 aliphatic carbocycles. The number of rotatable bonds is 7. The van der Waals surface area contributed by atoms with E-state index < -0.39 is 32.5 Å². The van der Waals surface area contributed by atoms with E-state index in [0.29, 0.717) is 5.69 Å². The summed E-state index contributed by atoms with van der Waals surface area (Å²) in [5.74, 6) is -0.534. The number of anilines is 2. The second kappa shape index (κ2) is 8.60. The van der Waals surface area contributed by atoms with Gasteiger partial charge in [0.1, 0.15) is 6.54 Å². The zero-order valence-corrected chi connectivity index (χ0v) is 18.7. The lowest BCUT2D eigenvalue weighted by Crippen LogP contribution is -2.37. The maximum atomic E-state index is 12.3. The zero-order valence-electron chi connectivity index (χ0n) is 15.5. The van der Waals surface area contributed by atoms with E-state index in [2.05, 4.69) is 21.2 Å². The number of halogens is 1. The van der Waals surface area contributed by atoms with E-state index in [0.717, 1.165) is 19.3 Å². The lowest BCUT2D eigenvalue weighted by molar-refractivity contribution is -0.114. The van der Waals surface area contributed by atoms with Crippen LogP contribution in [-0.4, -0.2) is 53.9 Å². The lowest BCUT2D eigenvalue weighted by atomic mass is 10.3. The van der Waals surface area contributed by atoms with Crippen LogP contribution < -0.4 is 9.62 Å². The number of nitrogens with zero attached hydrogens (tertiary/aromatic N) is 2. The third kappa shape index (κ3) is 5.53. The molecule has 2 rings (SSSR count). The summed E-state index contributed by atoms with van der Waals surface area (Å²) in [6.07, 6.45) is 0.976. The first-order valence-corrected chi connectivity index (χ1v) is 12.0. The van der Waals surface area contributed by atoms with Crippen LogP contribution in [0.3, 0.4) is 0 Å². The molecule has 2 aromatic rings. The fourth-order valence-corrected chi connectivity index (χ4v) is 4.45. The molecule has 0 spiro atoms. The molecule has 2 aromatic carbocycles. The summed E-state index contributed by atoms with van der Waals surface area (Å²) in [6.45, 7) is -0.453. The van der Waals surface area contributed by atoms with E-state index in [1.54, 1.807) is 24.3 Å². The largest absolute Gasteiger partial charge is 0.324 e. The number of hydrogen-bond acceptors (Lipinski definition) is 5. The predicted molar refractivity (Wildman–Crippen MR) is 112 cm³/mol. The van der Waals surface area contributed by atoms with Crippen molar-refractivity contribution in [1.29, 1.82) is 0 Å². The van der Waals surface area contributed by atoms with Gasteiger partial charge in [0.05, 0.1) is 16.8 Å². The molecule has 11 heteroatoms. The third-order valence-electron chi connectivity index (χ3n) is 3.70. The molecule has 0 unspecified atom stereocenters. The van der Waals surface area contributed by atoms with E-state index >= 15 is 0 Å². The molecule has 0 saturated carbocycles. The molecule has 0 heterocycles. The third-order valence-corrected chi connectivity index (χ3v) is 7.16. The number of nitrogens with one attached hydrogen (secondary N) is 1. The summed E-state index contributed by atoms with van der Waals surface area (Å²) >= 11 is 3.29. The van der Waals surface area contributed by atoms with E-state index in [4.69, 9.17) is 0 Å². The molecule has 0 fully saturated rings. The van der Waals surface area contributed by atoms with Crippen molar-refractivity contribution in [3.8, 4) is 0 Å². The van der Waals surface area contributed by atoms with Gasteiger partial charge in [0.2, 0.25) is 26.0 Å². The van der Waals surface area contributed by atoms with Gasteiger partial charge in [-0.1, -0.05) is 22.0 Å². The zero-order chi connectivity index (χ0) is 21.1. The van der Waals surface area contributed by atoms with E-state index in [9.17, 15) is 21.6 Å². The molecular formula is C17H20BrN3O5S2. The smallest absolute Gasteiger partial charge is 0.245 e. The van der Waals surface area contributed by atoms with Gasteiger partial charge in [0.15, 0.2) is 0 Å². The Kier molecular flexibility index (Phi) is 6.86. The molecule has 0 aromatic heterocycles. The van der Waals surface area contributed by atoms with Crippen molar-refractivity contribution in [3.63, 3.8) is 0 Å². The minimum atomic E-state index is -3.77. The average Bonchev–Trinajstić information content (AvgIpc) is 2.58. The van der Waals surface area contributed by atoms with Crippen LogP contribution in [0.15, 0.2) is 57.9 Å². The van der Waals surface area contributed by atoms with Crippen molar-refractivity contribution in [1.82, 2.24) is 4.31 Å². The summed E-state index contributed by atoms with van der Waals surface area (Å²) in [7, 11) is -4.61. The van der Waals surface area contributed by atoms with Crippen LogP contribution in [0.1, 0.15) is 0 Å². The van der Waals surface area contributed by atoms with E-state index in [1.807, 2.05) is 0 Å². The van der Waals surface area contributed by atoms with Gasteiger partial charge < -0.3 is 5.32 Å². The van der Waals surface area contributed by atoms with Crippen molar-refractivity contribution in [2.45, 2.75) is 4.90 Å². The molecule has 8 nitrogen and oxygen atoms in total. The fourth-order valence-electron chi connectivity index (χ4n) is 2.29. The molecule has 1 N–H and O–H groups in total. The topological polar surface area (TPSA) is 104 Å². The van der Waals surface area contributed by atoms with E-state index in [1.165, 1.54) is 38.4 Å². The summed E-state index contributed by atoms with van der Waals surface area (Å²) in [5, 5.41) is 2.63. The number of carbonyl (C=O) groups is 1. The van der Waals surface area contributed by atoms with Gasteiger partial charge in [-0.05, 0) is 42.5 Å². The summed E-state index contributed by atoms with van der Waals surface area (Å²) < 4.78 is 51.4. The van der Waals surface area contributed by atoms with Gasteiger partial charge in [0.25, 0.3) is 0 Å². The molecule has 0 atom stereocenters. The number of benzene rings is 2. The highest BCUT2D eigenvalue weighted by molar-refractivity contribution is 9.10. The number of hydrogen-bond donors (Lipinski definition) is 1. The average molecular weight is 490 g/mol. The maximum absolute atomic E-state index is 12.3. The highest BCUT2D eigenvalue weighted by Gasteiger charge is 2.23. The molecule has 0 bridgehead atoms. The highest BCUT2D eigenvalue weighted by atomic mass is 79.9. The van der Waals surface area contributed by atoms with Gasteiger partial charge in [-0.25, -0.2) is 21.1 Å². The van der Waals surface area contributed by atoms with Crippen molar-refractivity contribution in [2.75, 3.05) is 36.5 Å². The number of carbonyl (C=O) groups excluding carboxylic acids is 1. The molecular weight excluding hydrogens is 470 g/mol. The molecule has 152 valence electrons. The Bertz CT molecular complexity index is 1070. The molecule has 0 radical (unpaired) electrons. The highest BCUT2D eigenvalue weighted by Crippen LogP contribution is 2.22. The van der Waals surface area contributed by atoms with Gasteiger partial charge in [-0.3, -0.25) is 9.10 Å². The first kappa shape index (κ1) is 22.3. The minimum absolute atomic E-state index is 0.0216. The second-order valence-corrected chi connectivity index (χ2v) is 11.1. The summed E-state index contributed by atoms with van der Waals surface area (Å²) in [6, 6.07) is 12.2. The number of amides is 1. The normalized spacial score (nSPS) is 12.0. The van der Waals surface area contributed by atoms with Crippen molar-refractivity contribution < 1.29 is 21.6 Å². The Morgan fingerprint density at radius 2 is 1.64 bits per heavy atom. The van der Waals surface area contributed by atoms with Crippen LogP contribution in [0.5, 0.6) is 0 Å². The molecule has 0 aliphatic rings. The van der Waals surface area contributed by atoms with Crippen molar-refractivity contribution >= 4 is 53.3 Å². The summed E-state index contributed by atoms with van der Waals surface area (Å²) in [5.41, 5.74) is 0.699. The lowest BCUT2D eigenvalue weighted by Gasteiger charge is -2.22. The first-order chi connectivity index (χ1) is 12.9. The molecule has 0 aliphatic heterocycles. The Balaban J connectivity index is 2.26. The maximum Gasteiger partial charge on any atom is 0.245 e. The van der Waals surface area contributed by atoms with Gasteiger partial charge in [-0.2, -0.15) is 0 Å². The Morgan fingerprint density at radius 1 is 1.04 bits per heavy atom. The molecule has 28 heavy (non-hydrogen) atoms. The first-order valence-electron chi connectivity index (χ1n) is 7.97. The molecule has 1 amide bonds. The summed E-state index contributed by atoms with van der Waals surface area (Å²) in [4.78, 5) is 12.4. The molecule has 0 saturated heterocycles. The van der Waals surface area contributed by atoms with Crippen molar-refractivity contribution in [2.24, 2.45) is 0 Å². The van der Waals surface area contributed by atoms with Gasteiger partial charge in [0, 0.05) is 24.3 Å². The van der Waals surface area contributed by atoms with E-state index in [-0.39, 0.29) is 10.6 Å². The van der Waals surface area contributed by atoms with Crippen molar-refractivity contribution in [3.05, 3.63) is 53.0 Å². The fraction of sp³-hybridized carbons (Fsp3) is 0.235. The van der Waals surface area contributed by atoms with Crippen LogP contribution in [0.4, 0.5) is 11.4 Å². The van der Waals surface area contributed by atoms with Crippen LogP contribution in [0, 0.1) is 0 Å².